The van der Waals surface area contributed by atoms with Gasteiger partial charge in [-0.1, -0.05) is 54.6 Å². The highest BCUT2D eigenvalue weighted by molar-refractivity contribution is 8.70. The van der Waals surface area contributed by atoms with Crippen LogP contribution in [0.3, 0.4) is 0 Å². The number of rotatable bonds is 5. The van der Waals surface area contributed by atoms with Crippen LogP contribution < -0.4 is 0 Å². The van der Waals surface area contributed by atoms with Gasteiger partial charge in [0.2, 0.25) is 0 Å². The molecule has 104 valence electrons. The number of carbonyl (C=O) groups excluding carboxylic acids is 1. The first-order chi connectivity index (χ1) is 9.46. The van der Waals surface area contributed by atoms with Gasteiger partial charge in [-0.25, -0.2) is 8.42 Å². The predicted octanol–water partition coefficient (Wildman–Crippen LogP) is 2.73. The molecule has 2 rings (SSSR count). The second kappa shape index (κ2) is 6.21. The van der Waals surface area contributed by atoms with Crippen LogP contribution >= 0.6 is 10.8 Å². The first-order valence-electron chi connectivity index (χ1n) is 5.75. The maximum atomic E-state index is 11.7. The normalized spacial score (nSPS) is 11.2. The topological polar surface area (TPSA) is 74.3 Å². The monoisotopic (exact) mass is 307 g/mol. The van der Waals surface area contributed by atoms with E-state index in [1.54, 1.807) is 24.3 Å². The number of hydrogen-bond acceptors (Lipinski definition) is 5. The summed E-state index contributed by atoms with van der Waals surface area (Å²) < 4.78 is 31.4. The van der Waals surface area contributed by atoms with Crippen LogP contribution in [0.25, 0.3) is 11.1 Å². The van der Waals surface area contributed by atoms with Gasteiger partial charge in [0.05, 0.1) is 5.75 Å². The van der Waals surface area contributed by atoms with Crippen molar-refractivity contribution in [3.05, 3.63) is 60.2 Å². The minimum absolute atomic E-state index is 0.104. The molecule has 0 spiro atoms. The highest BCUT2D eigenvalue weighted by Crippen LogP contribution is 2.20. The molecule has 0 atom stereocenters. The van der Waals surface area contributed by atoms with Crippen molar-refractivity contribution in [1.29, 1.82) is 0 Å². The van der Waals surface area contributed by atoms with E-state index in [1.807, 2.05) is 30.3 Å². The number of carbonyl (C=O) groups is 1. The molecule has 6 heteroatoms. The average molecular weight is 307 g/mol. The molecule has 0 amide bonds. The molecule has 0 radical (unpaired) electrons. The van der Waals surface area contributed by atoms with Crippen molar-refractivity contribution in [2.24, 2.45) is 0 Å². The Balaban J connectivity index is 2.11. The van der Waals surface area contributed by atoms with Crippen LogP contribution in [-0.4, -0.2) is 24.5 Å². The molecule has 0 unspecified atom stereocenters. The zero-order valence-corrected chi connectivity index (χ0v) is 12.0. The minimum atomic E-state index is -4.43. The minimum Gasteiger partial charge on any atom is -0.739 e. The predicted molar refractivity (Wildman–Crippen MR) is 78.4 cm³/mol. The molecule has 0 aliphatic rings. The zero-order chi connectivity index (χ0) is 14.6. The Kier molecular flexibility index (Phi) is 4.59. The Morgan fingerprint density at radius 1 is 0.950 bits per heavy atom. The van der Waals surface area contributed by atoms with Gasteiger partial charge < -0.3 is 4.55 Å². The second-order valence-corrected chi connectivity index (χ2v) is 7.31. The molecule has 0 N–H and O–H groups in total. The molecular formula is C14H11O4S2-. The van der Waals surface area contributed by atoms with Gasteiger partial charge in [0.15, 0.2) is 5.78 Å². The van der Waals surface area contributed by atoms with Crippen molar-refractivity contribution in [2.45, 2.75) is 0 Å². The number of hydrogen-bond donors (Lipinski definition) is 0. The first-order valence-corrected chi connectivity index (χ1v) is 8.66. The Morgan fingerprint density at radius 2 is 1.50 bits per heavy atom. The Hall–Kier alpha value is -1.63. The Morgan fingerprint density at radius 3 is 2.05 bits per heavy atom. The van der Waals surface area contributed by atoms with E-state index < -0.39 is 9.15 Å². The van der Waals surface area contributed by atoms with Crippen LogP contribution in [0.5, 0.6) is 0 Å². The molecule has 0 aromatic heterocycles. The standard InChI is InChI=1S/C14H12O4S2/c15-14(10-19-20(16,17)18)13-8-6-12(7-9-13)11-4-2-1-3-5-11/h1-9H,10H2,(H,16,17,18)/p-1. The van der Waals surface area contributed by atoms with Crippen LogP contribution in [-0.2, 0) is 9.15 Å². The molecule has 2 aromatic rings. The van der Waals surface area contributed by atoms with Crippen LogP contribution in [0.15, 0.2) is 54.6 Å². The van der Waals surface area contributed by atoms with Gasteiger partial charge in [-0.2, -0.15) is 0 Å². The summed E-state index contributed by atoms with van der Waals surface area (Å²) >= 11 is 0. The lowest BCUT2D eigenvalue weighted by Crippen LogP contribution is -2.05. The van der Waals surface area contributed by atoms with E-state index >= 15 is 0 Å². The van der Waals surface area contributed by atoms with Crippen LogP contribution in [0, 0.1) is 0 Å². The molecule has 2 aromatic carbocycles. The van der Waals surface area contributed by atoms with Crippen molar-refractivity contribution in [3.8, 4) is 11.1 Å². The quantitative estimate of drug-likeness (QED) is 0.482. The SMILES string of the molecule is O=C(CSS(=O)(=O)[O-])c1ccc(-c2ccccc2)cc1. The van der Waals surface area contributed by atoms with Gasteiger partial charge in [-0.3, -0.25) is 4.79 Å². The van der Waals surface area contributed by atoms with E-state index in [0.717, 1.165) is 11.1 Å². The van der Waals surface area contributed by atoms with E-state index in [2.05, 4.69) is 0 Å². The number of benzene rings is 2. The fraction of sp³-hybridized carbons (Fsp3) is 0.0714. The summed E-state index contributed by atoms with van der Waals surface area (Å²) in [5, 5.41) is 0. The molecule has 0 bridgehead atoms. The smallest absolute Gasteiger partial charge is 0.173 e. The van der Waals surface area contributed by atoms with Crippen LogP contribution in [0.4, 0.5) is 0 Å². The van der Waals surface area contributed by atoms with E-state index in [9.17, 15) is 17.8 Å². The van der Waals surface area contributed by atoms with Gasteiger partial charge in [0, 0.05) is 5.56 Å². The lowest BCUT2D eigenvalue weighted by atomic mass is 10.0. The zero-order valence-electron chi connectivity index (χ0n) is 10.4. The van der Waals surface area contributed by atoms with Crippen molar-refractivity contribution < 1.29 is 17.8 Å². The molecule has 0 fully saturated rings. The molecule has 0 aliphatic heterocycles. The lowest BCUT2D eigenvalue weighted by molar-refractivity contribution is 0.102. The Labute approximate surface area is 121 Å². The summed E-state index contributed by atoms with van der Waals surface area (Å²) in [7, 11) is -4.33. The summed E-state index contributed by atoms with van der Waals surface area (Å²) in [5.41, 5.74) is 2.38. The van der Waals surface area contributed by atoms with E-state index in [-0.39, 0.29) is 22.3 Å². The lowest BCUT2D eigenvalue weighted by Gasteiger charge is -2.06. The van der Waals surface area contributed by atoms with Gasteiger partial charge in [-0.05, 0) is 21.9 Å². The Bertz CT molecular complexity index is 692. The fourth-order valence-electron chi connectivity index (χ4n) is 1.69. The molecule has 0 saturated heterocycles. The summed E-state index contributed by atoms with van der Waals surface area (Å²) in [6, 6.07) is 16.5. The third kappa shape index (κ3) is 4.19. The summed E-state index contributed by atoms with van der Waals surface area (Å²) in [4.78, 5) is 11.7. The third-order valence-corrected chi connectivity index (χ3v) is 4.54. The maximum Gasteiger partial charge on any atom is 0.173 e. The molecular weight excluding hydrogens is 296 g/mol. The van der Waals surface area contributed by atoms with E-state index in [0.29, 0.717) is 5.56 Å². The van der Waals surface area contributed by atoms with Gasteiger partial charge >= 0.3 is 0 Å². The van der Waals surface area contributed by atoms with Gasteiger partial charge in [-0.15, -0.1) is 0 Å². The summed E-state index contributed by atoms with van der Waals surface area (Å²) in [6.07, 6.45) is 0. The number of Topliss-reactive ketones (excluding diaryl/α,β-unsaturated/α-hetero) is 1. The van der Waals surface area contributed by atoms with Crippen molar-refractivity contribution in [2.75, 3.05) is 5.75 Å². The van der Waals surface area contributed by atoms with Crippen molar-refractivity contribution >= 4 is 25.7 Å². The second-order valence-electron chi connectivity index (χ2n) is 4.04. The van der Waals surface area contributed by atoms with E-state index in [1.165, 1.54) is 0 Å². The molecule has 0 saturated carbocycles. The van der Waals surface area contributed by atoms with Crippen molar-refractivity contribution in [1.82, 2.24) is 0 Å². The summed E-state index contributed by atoms with van der Waals surface area (Å²) in [5.74, 6) is -0.745. The fourth-order valence-corrected chi connectivity index (χ4v) is 2.86. The van der Waals surface area contributed by atoms with Gasteiger partial charge in [0.25, 0.3) is 0 Å². The average Bonchev–Trinajstić information content (AvgIpc) is 2.45. The number of ketones is 1. The third-order valence-electron chi connectivity index (χ3n) is 2.65. The van der Waals surface area contributed by atoms with Crippen molar-refractivity contribution in [3.63, 3.8) is 0 Å². The largest absolute Gasteiger partial charge is 0.739 e. The van der Waals surface area contributed by atoms with E-state index in [4.69, 9.17) is 0 Å². The molecule has 20 heavy (non-hydrogen) atoms. The highest BCUT2D eigenvalue weighted by atomic mass is 33.1. The first kappa shape index (κ1) is 14.8. The van der Waals surface area contributed by atoms with Gasteiger partial charge in [0.1, 0.15) is 9.15 Å². The summed E-state index contributed by atoms with van der Waals surface area (Å²) in [6.45, 7) is 0. The molecule has 0 heterocycles. The van der Waals surface area contributed by atoms with Crippen LogP contribution in [0.2, 0.25) is 0 Å². The van der Waals surface area contributed by atoms with Crippen LogP contribution in [0.1, 0.15) is 10.4 Å². The molecule has 4 nitrogen and oxygen atoms in total. The maximum absolute atomic E-state index is 11.7. The molecule has 0 aliphatic carbocycles. The highest BCUT2D eigenvalue weighted by Gasteiger charge is 2.08.